The third-order valence-corrected chi connectivity index (χ3v) is 4.14. The zero-order valence-corrected chi connectivity index (χ0v) is 13.1. The van der Waals surface area contributed by atoms with E-state index in [9.17, 15) is 0 Å². The van der Waals surface area contributed by atoms with Crippen LogP contribution in [0.4, 0.5) is 0 Å². The molecule has 0 aromatic heterocycles. The third kappa shape index (κ3) is 4.37. The van der Waals surface area contributed by atoms with Crippen LogP contribution in [0.3, 0.4) is 0 Å². The molecule has 1 fully saturated rings. The average molecular weight is 292 g/mol. The van der Waals surface area contributed by atoms with Gasteiger partial charge in [0.2, 0.25) is 0 Å². The number of methoxy groups -OCH3 is 1. The van der Waals surface area contributed by atoms with Gasteiger partial charge in [-0.05, 0) is 49.7 Å². The summed E-state index contributed by atoms with van der Waals surface area (Å²) >= 11 is 5.41. The molecule has 0 unspecified atom stereocenters. The van der Waals surface area contributed by atoms with Gasteiger partial charge in [0.05, 0.1) is 13.2 Å². The Balaban J connectivity index is 1.82. The fraction of sp³-hybridized carbons (Fsp3) is 0.562. The van der Waals surface area contributed by atoms with Crippen LogP contribution in [-0.2, 0) is 0 Å². The van der Waals surface area contributed by atoms with Gasteiger partial charge in [-0.3, -0.25) is 0 Å². The number of benzene rings is 1. The Labute approximate surface area is 127 Å². The third-order valence-electron chi connectivity index (χ3n) is 3.90. The molecule has 0 saturated heterocycles. The number of hydrogen-bond acceptors (Lipinski definition) is 2. The maximum atomic E-state index is 5.41. The van der Waals surface area contributed by atoms with Gasteiger partial charge in [-0.25, -0.2) is 0 Å². The van der Waals surface area contributed by atoms with Gasteiger partial charge in [-0.1, -0.05) is 31.4 Å². The summed E-state index contributed by atoms with van der Waals surface area (Å²) < 4.78 is 5.17. The van der Waals surface area contributed by atoms with E-state index in [0.29, 0.717) is 6.04 Å². The lowest BCUT2D eigenvalue weighted by atomic mass is 9.96. The topological polar surface area (TPSA) is 33.3 Å². The fourth-order valence-corrected chi connectivity index (χ4v) is 2.99. The highest BCUT2D eigenvalue weighted by Crippen LogP contribution is 2.19. The summed E-state index contributed by atoms with van der Waals surface area (Å²) in [5, 5.41) is 7.56. The summed E-state index contributed by atoms with van der Waals surface area (Å²) in [7, 11) is 1.68. The largest absolute Gasteiger partial charge is 0.497 e. The van der Waals surface area contributed by atoms with E-state index in [4.69, 9.17) is 17.0 Å². The maximum Gasteiger partial charge on any atom is 0.166 e. The van der Waals surface area contributed by atoms with Gasteiger partial charge in [0.1, 0.15) is 5.75 Å². The molecule has 0 amide bonds. The summed E-state index contributed by atoms with van der Waals surface area (Å²) in [6, 6.07) is 8.84. The molecule has 1 atom stereocenters. The molecule has 0 radical (unpaired) electrons. The zero-order chi connectivity index (χ0) is 14.4. The van der Waals surface area contributed by atoms with Crippen molar-refractivity contribution < 1.29 is 4.74 Å². The highest BCUT2D eigenvalue weighted by molar-refractivity contribution is 7.80. The molecule has 2 rings (SSSR count). The highest BCUT2D eigenvalue weighted by atomic mass is 32.1. The summed E-state index contributed by atoms with van der Waals surface area (Å²) in [5.41, 5.74) is 1.21. The number of rotatable bonds is 4. The van der Waals surface area contributed by atoms with Crippen molar-refractivity contribution in [1.29, 1.82) is 0 Å². The van der Waals surface area contributed by atoms with Crippen molar-refractivity contribution in [1.82, 2.24) is 10.6 Å². The summed E-state index contributed by atoms with van der Waals surface area (Å²) in [6.07, 6.45) is 6.46. The summed E-state index contributed by atoms with van der Waals surface area (Å²) in [4.78, 5) is 0. The first-order valence-electron chi connectivity index (χ1n) is 7.40. The molecule has 4 heteroatoms. The van der Waals surface area contributed by atoms with Crippen LogP contribution in [0.2, 0.25) is 0 Å². The van der Waals surface area contributed by atoms with Crippen molar-refractivity contribution in [3.63, 3.8) is 0 Å². The van der Waals surface area contributed by atoms with Crippen LogP contribution in [0.25, 0.3) is 0 Å². The lowest BCUT2D eigenvalue weighted by Gasteiger charge is -2.26. The maximum absolute atomic E-state index is 5.41. The summed E-state index contributed by atoms with van der Waals surface area (Å²) in [5.74, 6) is 0.879. The molecule has 0 bridgehead atoms. The van der Waals surface area contributed by atoms with E-state index in [1.165, 1.54) is 37.7 Å². The van der Waals surface area contributed by atoms with E-state index in [0.717, 1.165) is 10.9 Å². The molecule has 1 aromatic carbocycles. The Morgan fingerprint density at radius 2 is 1.85 bits per heavy atom. The normalized spacial score (nSPS) is 17.3. The van der Waals surface area contributed by atoms with Crippen molar-refractivity contribution in [2.24, 2.45) is 0 Å². The first kappa shape index (κ1) is 15.1. The van der Waals surface area contributed by atoms with E-state index in [1.54, 1.807) is 7.11 Å². The van der Waals surface area contributed by atoms with Gasteiger partial charge in [0.25, 0.3) is 0 Å². The first-order valence-corrected chi connectivity index (χ1v) is 7.81. The monoisotopic (exact) mass is 292 g/mol. The average Bonchev–Trinajstić information content (AvgIpc) is 2.48. The van der Waals surface area contributed by atoms with Crippen LogP contribution >= 0.6 is 12.2 Å². The number of hydrogen-bond donors (Lipinski definition) is 2. The molecule has 0 heterocycles. The molecule has 1 saturated carbocycles. The van der Waals surface area contributed by atoms with Crippen molar-refractivity contribution in [2.45, 2.75) is 51.1 Å². The SMILES string of the molecule is COc1ccc([C@@H](C)NC(=S)NC2CCCCC2)cc1. The van der Waals surface area contributed by atoms with Gasteiger partial charge >= 0.3 is 0 Å². The Morgan fingerprint density at radius 1 is 1.20 bits per heavy atom. The van der Waals surface area contributed by atoms with Gasteiger partial charge < -0.3 is 15.4 Å². The Bertz CT molecular complexity index is 427. The van der Waals surface area contributed by atoms with Crippen LogP contribution < -0.4 is 15.4 Å². The Hall–Kier alpha value is -1.29. The zero-order valence-electron chi connectivity index (χ0n) is 12.3. The van der Waals surface area contributed by atoms with E-state index in [1.807, 2.05) is 12.1 Å². The minimum atomic E-state index is 0.199. The predicted octanol–water partition coefficient (Wildman–Crippen LogP) is 3.55. The van der Waals surface area contributed by atoms with Crippen LogP contribution in [0.1, 0.15) is 50.6 Å². The molecule has 1 aliphatic rings. The molecule has 110 valence electrons. The minimum Gasteiger partial charge on any atom is -0.497 e. The number of nitrogens with one attached hydrogen (secondary N) is 2. The van der Waals surface area contributed by atoms with Crippen molar-refractivity contribution in [3.05, 3.63) is 29.8 Å². The smallest absolute Gasteiger partial charge is 0.166 e. The molecule has 0 spiro atoms. The second-order valence-electron chi connectivity index (χ2n) is 5.45. The van der Waals surface area contributed by atoms with Crippen molar-refractivity contribution in [2.75, 3.05) is 7.11 Å². The van der Waals surface area contributed by atoms with E-state index in [-0.39, 0.29) is 6.04 Å². The lowest BCUT2D eigenvalue weighted by Crippen LogP contribution is -2.43. The van der Waals surface area contributed by atoms with E-state index < -0.39 is 0 Å². The van der Waals surface area contributed by atoms with Gasteiger partial charge in [-0.15, -0.1) is 0 Å². The number of ether oxygens (including phenoxy) is 1. The second-order valence-corrected chi connectivity index (χ2v) is 5.86. The van der Waals surface area contributed by atoms with Crippen LogP contribution in [0, 0.1) is 0 Å². The number of thiocarbonyl (C=S) groups is 1. The fourth-order valence-electron chi connectivity index (χ4n) is 2.65. The molecule has 2 N–H and O–H groups in total. The van der Waals surface area contributed by atoms with Gasteiger partial charge in [0.15, 0.2) is 5.11 Å². The molecule has 0 aliphatic heterocycles. The molecule has 20 heavy (non-hydrogen) atoms. The van der Waals surface area contributed by atoms with E-state index in [2.05, 4.69) is 29.7 Å². The Morgan fingerprint density at radius 3 is 2.45 bits per heavy atom. The van der Waals surface area contributed by atoms with Crippen LogP contribution in [-0.4, -0.2) is 18.3 Å². The second kappa shape index (κ2) is 7.48. The van der Waals surface area contributed by atoms with Gasteiger partial charge in [0, 0.05) is 6.04 Å². The van der Waals surface area contributed by atoms with Crippen molar-refractivity contribution >= 4 is 17.3 Å². The molecule has 1 aromatic rings. The molecule has 3 nitrogen and oxygen atoms in total. The Kier molecular flexibility index (Phi) is 5.65. The van der Waals surface area contributed by atoms with Crippen molar-refractivity contribution in [3.8, 4) is 5.75 Å². The quantitative estimate of drug-likeness (QED) is 0.832. The first-order chi connectivity index (χ1) is 9.69. The van der Waals surface area contributed by atoms with E-state index >= 15 is 0 Å². The highest BCUT2D eigenvalue weighted by Gasteiger charge is 2.15. The molecular weight excluding hydrogens is 268 g/mol. The van der Waals surface area contributed by atoms with Gasteiger partial charge in [-0.2, -0.15) is 0 Å². The van der Waals surface area contributed by atoms with Crippen LogP contribution in [0.5, 0.6) is 5.75 Å². The summed E-state index contributed by atoms with van der Waals surface area (Å²) in [6.45, 7) is 2.12. The minimum absolute atomic E-state index is 0.199. The lowest BCUT2D eigenvalue weighted by molar-refractivity contribution is 0.410. The van der Waals surface area contributed by atoms with Crippen LogP contribution in [0.15, 0.2) is 24.3 Å². The molecule has 1 aliphatic carbocycles. The molecular formula is C16H24N2OS. The predicted molar refractivity (Wildman–Crippen MR) is 87.2 cm³/mol. The standard InChI is InChI=1S/C16H24N2OS/c1-12(13-8-10-15(19-2)11-9-13)17-16(20)18-14-6-4-3-5-7-14/h8-12,14H,3-7H2,1-2H3,(H2,17,18,20)/t12-/m1/s1.